The molecule has 134 valence electrons. The molecule has 26 heavy (non-hydrogen) atoms. The van der Waals surface area contributed by atoms with E-state index in [1.807, 2.05) is 25.3 Å². The van der Waals surface area contributed by atoms with Crippen molar-refractivity contribution in [3.8, 4) is 5.75 Å². The average Bonchev–Trinajstić information content (AvgIpc) is 3.06. The number of benzene rings is 1. The topological polar surface area (TPSA) is 50.3 Å². The molecule has 0 atom stereocenters. The molecule has 0 bridgehead atoms. The summed E-state index contributed by atoms with van der Waals surface area (Å²) >= 11 is 6.18. The molecule has 4 nitrogen and oxygen atoms in total. The molecule has 2 heterocycles. The van der Waals surface area contributed by atoms with Gasteiger partial charge < -0.3 is 9.72 Å². The van der Waals surface area contributed by atoms with Crippen LogP contribution in [0.5, 0.6) is 5.75 Å². The number of allylic oxidation sites excluding steroid dienone is 2. The number of H-pyrrole nitrogens is 1. The van der Waals surface area contributed by atoms with Crippen molar-refractivity contribution >= 4 is 34.4 Å². The summed E-state index contributed by atoms with van der Waals surface area (Å²) in [5.74, 6) is 0.0959. The molecule has 0 saturated carbocycles. The van der Waals surface area contributed by atoms with Crippen LogP contribution in [0.4, 0.5) is 4.39 Å². The number of pyridine rings is 1. The Bertz CT molecular complexity index is 1010. The zero-order chi connectivity index (χ0) is 18.7. The Labute approximate surface area is 156 Å². The summed E-state index contributed by atoms with van der Waals surface area (Å²) < 4.78 is 19.3. The molecule has 0 spiro atoms. The number of hydrogen-bond acceptors (Lipinski definition) is 3. The summed E-state index contributed by atoms with van der Waals surface area (Å²) in [6, 6.07) is 4.94. The van der Waals surface area contributed by atoms with E-state index in [1.54, 1.807) is 32.6 Å². The summed E-state index contributed by atoms with van der Waals surface area (Å²) in [6.45, 7) is 1.95. The van der Waals surface area contributed by atoms with Crippen LogP contribution in [0.1, 0.15) is 23.6 Å². The maximum Gasteiger partial charge on any atom is 0.142 e. The van der Waals surface area contributed by atoms with Gasteiger partial charge in [0.25, 0.3) is 0 Å². The van der Waals surface area contributed by atoms with E-state index < -0.39 is 5.82 Å². The number of ether oxygens (including phenoxy) is 1. The molecule has 0 aliphatic heterocycles. The van der Waals surface area contributed by atoms with Crippen LogP contribution in [0.2, 0.25) is 5.02 Å². The van der Waals surface area contributed by atoms with E-state index in [2.05, 4.69) is 15.0 Å². The average molecular weight is 372 g/mol. The standard InChI is InChI=1S/C20H19ClFN3O/c1-4-12(9-23-2)13-7-15-14(11-25-20(15)24-10-13)8-16-18(26-3)6-5-17(22)19(16)21/h4-7,9-11H,8H2,1-3H3,(H,24,25)/b12-4+,23-9?. The van der Waals surface area contributed by atoms with Crippen molar-refractivity contribution < 1.29 is 9.13 Å². The van der Waals surface area contributed by atoms with E-state index in [0.717, 1.165) is 27.7 Å². The van der Waals surface area contributed by atoms with Gasteiger partial charge in [-0.25, -0.2) is 9.37 Å². The number of nitrogens with zero attached hydrogens (tertiary/aromatic N) is 2. The van der Waals surface area contributed by atoms with E-state index in [9.17, 15) is 4.39 Å². The molecule has 1 aromatic carbocycles. The predicted octanol–water partition coefficient (Wildman–Crippen LogP) is 5.06. The highest BCUT2D eigenvalue weighted by Crippen LogP contribution is 2.33. The van der Waals surface area contributed by atoms with Gasteiger partial charge in [0.1, 0.15) is 17.2 Å². The largest absolute Gasteiger partial charge is 0.496 e. The number of halogens is 2. The molecule has 3 rings (SSSR count). The summed E-state index contributed by atoms with van der Waals surface area (Å²) in [6.07, 6.45) is 7.87. The number of fused-ring (bicyclic) bond motifs is 1. The first-order chi connectivity index (χ1) is 12.6. The fourth-order valence-electron chi connectivity index (χ4n) is 2.94. The van der Waals surface area contributed by atoms with E-state index in [1.165, 1.54) is 6.07 Å². The molecular weight excluding hydrogens is 353 g/mol. The quantitative estimate of drug-likeness (QED) is 0.637. The Kier molecular flexibility index (Phi) is 5.38. The lowest BCUT2D eigenvalue weighted by atomic mass is 10.0. The normalized spacial score (nSPS) is 12.3. The molecule has 0 fully saturated rings. The molecule has 1 N–H and O–H groups in total. The van der Waals surface area contributed by atoms with Crippen molar-refractivity contribution in [1.29, 1.82) is 0 Å². The second-order valence-electron chi connectivity index (χ2n) is 5.78. The zero-order valence-corrected chi connectivity index (χ0v) is 15.6. The molecule has 3 aromatic rings. The van der Waals surface area contributed by atoms with E-state index in [4.69, 9.17) is 16.3 Å². The second-order valence-corrected chi connectivity index (χ2v) is 6.16. The van der Waals surface area contributed by atoms with Gasteiger partial charge in [0.2, 0.25) is 0 Å². The van der Waals surface area contributed by atoms with Gasteiger partial charge in [0.15, 0.2) is 0 Å². The minimum atomic E-state index is -0.462. The smallest absolute Gasteiger partial charge is 0.142 e. The molecular formula is C20H19ClFN3O. The van der Waals surface area contributed by atoms with Crippen molar-refractivity contribution in [2.75, 3.05) is 14.2 Å². The number of nitrogens with one attached hydrogen (secondary N) is 1. The Hall–Kier alpha value is -2.66. The fraction of sp³-hybridized carbons (Fsp3) is 0.200. The number of hydrogen-bond donors (Lipinski definition) is 1. The van der Waals surface area contributed by atoms with Gasteiger partial charge in [0, 0.05) is 48.6 Å². The van der Waals surface area contributed by atoms with Crippen molar-refractivity contribution in [2.24, 2.45) is 4.99 Å². The second kappa shape index (κ2) is 7.70. The lowest BCUT2D eigenvalue weighted by Crippen LogP contribution is -1.97. The van der Waals surface area contributed by atoms with Gasteiger partial charge in [0.05, 0.1) is 12.1 Å². The van der Waals surface area contributed by atoms with Crippen molar-refractivity contribution in [1.82, 2.24) is 9.97 Å². The van der Waals surface area contributed by atoms with Crippen LogP contribution in [0.15, 0.2) is 41.7 Å². The van der Waals surface area contributed by atoms with Crippen LogP contribution in [0.25, 0.3) is 16.6 Å². The first kappa shape index (κ1) is 18.1. The minimum absolute atomic E-state index is 0.0788. The summed E-state index contributed by atoms with van der Waals surface area (Å²) in [4.78, 5) is 11.7. The highest BCUT2D eigenvalue weighted by Gasteiger charge is 2.16. The molecule has 0 aliphatic rings. The summed E-state index contributed by atoms with van der Waals surface area (Å²) in [7, 11) is 3.28. The number of rotatable bonds is 5. The van der Waals surface area contributed by atoms with E-state index >= 15 is 0 Å². The van der Waals surface area contributed by atoms with Crippen molar-refractivity contribution in [2.45, 2.75) is 13.3 Å². The fourth-order valence-corrected chi connectivity index (χ4v) is 3.16. The highest BCUT2D eigenvalue weighted by molar-refractivity contribution is 6.31. The molecule has 0 radical (unpaired) electrons. The van der Waals surface area contributed by atoms with Crippen LogP contribution in [-0.4, -0.2) is 30.3 Å². The van der Waals surface area contributed by atoms with E-state index in [0.29, 0.717) is 17.7 Å². The molecule has 0 saturated heterocycles. The van der Waals surface area contributed by atoms with Crippen LogP contribution in [-0.2, 0) is 6.42 Å². The minimum Gasteiger partial charge on any atom is -0.496 e. The van der Waals surface area contributed by atoms with Gasteiger partial charge in [-0.1, -0.05) is 17.7 Å². The SMILES string of the molecule is C/C=C(\C=NC)c1cnc2[nH]cc(Cc3c(OC)ccc(F)c3Cl)c2c1. The Balaban J connectivity index is 2.09. The summed E-state index contributed by atoms with van der Waals surface area (Å²) in [5.41, 5.74) is 4.28. The summed E-state index contributed by atoms with van der Waals surface area (Å²) in [5, 5.41) is 1.03. The number of aromatic amines is 1. The van der Waals surface area contributed by atoms with E-state index in [-0.39, 0.29) is 5.02 Å². The van der Waals surface area contributed by atoms with Gasteiger partial charge in [-0.3, -0.25) is 4.99 Å². The Morgan fingerprint density at radius 2 is 2.23 bits per heavy atom. The maximum absolute atomic E-state index is 13.9. The Morgan fingerprint density at radius 1 is 1.42 bits per heavy atom. The number of aromatic nitrogens is 2. The van der Waals surface area contributed by atoms with Crippen LogP contribution in [0.3, 0.4) is 0 Å². The monoisotopic (exact) mass is 371 g/mol. The molecule has 2 aromatic heterocycles. The maximum atomic E-state index is 13.9. The van der Waals surface area contributed by atoms with Crippen molar-refractivity contribution in [3.05, 3.63) is 64.2 Å². The number of methoxy groups -OCH3 is 1. The zero-order valence-electron chi connectivity index (χ0n) is 14.8. The number of aliphatic imine (C=N–C) groups is 1. The first-order valence-electron chi connectivity index (χ1n) is 8.14. The van der Waals surface area contributed by atoms with Crippen LogP contribution < -0.4 is 4.74 Å². The molecule has 0 aliphatic carbocycles. The first-order valence-corrected chi connectivity index (χ1v) is 8.52. The van der Waals surface area contributed by atoms with Gasteiger partial charge >= 0.3 is 0 Å². The third-order valence-electron chi connectivity index (χ3n) is 4.27. The molecule has 6 heteroatoms. The van der Waals surface area contributed by atoms with Gasteiger partial charge in [-0.2, -0.15) is 0 Å². The lowest BCUT2D eigenvalue weighted by molar-refractivity contribution is 0.409. The molecule has 0 unspecified atom stereocenters. The molecule has 0 amide bonds. The van der Waals surface area contributed by atoms with Crippen LogP contribution >= 0.6 is 11.6 Å². The van der Waals surface area contributed by atoms with Crippen molar-refractivity contribution in [3.63, 3.8) is 0 Å². The van der Waals surface area contributed by atoms with Gasteiger partial charge in [-0.05, 0) is 36.3 Å². The predicted molar refractivity (Wildman–Crippen MR) is 105 cm³/mol. The lowest BCUT2D eigenvalue weighted by Gasteiger charge is -2.11. The highest BCUT2D eigenvalue weighted by atomic mass is 35.5. The van der Waals surface area contributed by atoms with Gasteiger partial charge in [-0.15, -0.1) is 0 Å². The third kappa shape index (κ3) is 3.35. The van der Waals surface area contributed by atoms with Crippen LogP contribution in [0, 0.1) is 5.82 Å². The Morgan fingerprint density at radius 3 is 2.92 bits per heavy atom. The third-order valence-corrected chi connectivity index (χ3v) is 4.68.